The molecule has 0 radical (unpaired) electrons. The van der Waals surface area contributed by atoms with Gasteiger partial charge in [-0.15, -0.1) is 0 Å². The first-order valence-corrected chi connectivity index (χ1v) is 12.2. The number of carbonyl (C=O) groups excluding carboxylic acids is 1. The normalized spacial score (nSPS) is 11.6. The van der Waals surface area contributed by atoms with Crippen LogP contribution in [0.4, 0.5) is 4.39 Å². The lowest BCUT2D eigenvalue weighted by molar-refractivity contribution is 0.0974. The molecular weight excluding hydrogens is 492 g/mol. The fourth-order valence-corrected chi connectivity index (χ4v) is 4.42. The summed E-state index contributed by atoms with van der Waals surface area (Å²) in [5.41, 5.74) is 0.314. The van der Waals surface area contributed by atoms with Gasteiger partial charge in [-0.1, -0.05) is 29.3 Å². The van der Waals surface area contributed by atoms with Gasteiger partial charge in [0, 0.05) is 43.8 Å². The minimum atomic E-state index is -3.95. The molecule has 0 saturated carbocycles. The van der Waals surface area contributed by atoms with E-state index < -0.39 is 27.3 Å². The Balaban J connectivity index is 2.09. The average Bonchev–Trinajstić information content (AvgIpc) is 3.02. The molecule has 1 amide bonds. The number of benzene rings is 2. The number of hydrogen-bond acceptors (Lipinski definition) is 4. The minimum absolute atomic E-state index is 0.124. The van der Waals surface area contributed by atoms with Crippen molar-refractivity contribution in [3.05, 3.63) is 92.2 Å². The van der Waals surface area contributed by atoms with E-state index in [1.165, 1.54) is 29.0 Å². The molecule has 11 heteroatoms. The average molecular weight is 508 g/mol. The minimum Gasteiger partial charge on any atom is -0.331 e. The van der Waals surface area contributed by atoms with Crippen LogP contribution in [0.25, 0.3) is 22.0 Å². The Labute approximate surface area is 197 Å². The molecule has 4 rings (SSSR count). The van der Waals surface area contributed by atoms with Crippen molar-refractivity contribution in [1.29, 1.82) is 0 Å². The number of rotatable bonds is 5. The number of sulfonamides is 1. The van der Waals surface area contributed by atoms with E-state index in [2.05, 4.69) is 4.98 Å². The van der Waals surface area contributed by atoms with E-state index in [1.54, 1.807) is 24.3 Å². The number of fused-ring (bicyclic) bond motifs is 1. The van der Waals surface area contributed by atoms with E-state index in [4.69, 9.17) is 23.2 Å². The lowest BCUT2D eigenvalue weighted by Crippen LogP contribution is -2.32. The highest BCUT2D eigenvalue weighted by Gasteiger charge is 2.27. The molecule has 2 aromatic carbocycles. The molecule has 33 heavy (non-hydrogen) atoms. The van der Waals surface area contributed by atoms with Gasteiger partial charge in [-0.3, -0.25) is 9.59 Å². The number of nitrogens with zero attached hydrogens (tertiary/aromatic N) is 1. The molecule has 0 spiro atoms. The largest absolute Gasteiger partial charge is 0.331 e. The molecule has 0 aliphatic carbocycles. The number of aromatic amines is 1. The molecule has 2 heterocycles. The van der Waals surface area contributed by atoms with Crippen LogP contribution < -0.4 is 10.3 Å². The maximum atomic E-state index is 14.6. The molecule has 0 saturated heterocycles. The summed E-state index contributed by atoms with van der Waals surface area (Å²) >= 11 is 12.1. The Kier molecular flexibility index (Phi) is 6.04. The van der Waals surface area contributed by atoms with Gasteiger partial charge in [0.05, 0.1) is 12.8 Å². The highest BCUT2D eigenvalue weighted by atomic mass is 35.5. The van der Waals surface area contributed by atoms with E-state index in [9.17, 15) is 22.4 Å². The fraction of sp³-hybridized carbons (Fsp3) is 0.0909. The van der Waals surface area contributed by atoms with Crippen molar-refractivity contribution in [1.82, 2.24) is 14.3 Å². The van der Waals surface area contributed by atoms with Crippen LogP contribution in [0.15, 0.2) is 59.5 Å². The lowest BCUT2D eigenvalue weighted by Gasteiger charge is -2.13. The molecule has 0 unspecified atom stereocenters. The molecule has 0 aliphatic heterocycles. The first-order valence-electron chi connectivity index (χ1n) is 9.51. The van der Waals surface area contributed by atoms with Crippen molar-refractivity contribution < 1.29 is 17.6 Å². The summed E-state index contributed by atoms with van der Waals surface area (Å²) in [6, 6.07) is 11.9. The molecule has 4 aromatic rings. The lowest BCUT2D eigenvalue weighted by atomic mass is 10.0. The van der Waals surface area contributed by atoms with Gasteiger partial charge < -0.3 is 9.55 Å². The summed E-state index contributed by atoms with van der Waals surface area (Å²) < 4.78 is 41.7. The van der Waals surface area contributed by atoms with Crippen molar-refractivity contribution in [3.8, 4) is 11.1 Å². The first-order chi connectivity index (χ1) is 15.5. The van der Waals surface area contributed by atoms with Crippen molar-refractivity contribution >= 4 is 50.0 Å². The van der Waals surface area contributed by atoms with Crippen LogP contribution >= 0.6 is 23.2 Å². The molecule has 2 aromatic heterocycles. The number of halogens is 3. The Bertz CT molecular complexity index is 1580. The summed E-state index contributed by atoms with van der Waals surface area (Å²) in [6.07, 6.45) is 2.26. The topological polar surface area (TPSA) is 101 Å². The number of nitrogens with one attached hydrogen (secondary N) is 2. The number of aromatic nitrogens is 2. The van der Waals surface area contributed by atoms with E-state index in [-0.39, 0.29) is 34.0 Å². The van der Waals surface area contributed by atoms with Crippen LogP contribution in [-0.2, 0) is 16.6 Å². The third-order valence-corrected chi connectivity index (χ3v) is 5.98. The van der Waals surface area contributed by atoms with Crippen LogP contribution in [0.1, 0.15) is 16.1 Å². The van der Waals surface area contributed by atoms with Crippen molar-refractivity contribution in [2.24, 2.45) is 0 Å². The predicted octanol–water partition coefficient (Wildman–Crippen LogP) is 4.18. The van der Waals surface area contributed by atoms with E-state index in [0.29, 0.717) is 15.9 Å². The molecule has 2 N–H and O–H groups in total. The van der Waals surface area contributed by atoms with Gasteiger partial charge in [0.1, 0.15) is 11.5 Å². The number of H-pyrrole nitrogens is 1. The van der Waals surface area contributed by atoms with Gasteiger partial charge in [0.15, 0.2) is 0 Å². The second-order valence-electron chi connectivity index (χ2n) is 7.32. The van der Waals surface area contributed by atoms with Gasteiger partial charge >= 0.3 is 0 Å². The number of hydrogen-bond donors (Lipinski definition) is 2. The summed E-state index contributed by atoms with van der Waals surface area (Å²) in [6.45, 7) is -0.140. The van der Waals surface area contributed by atoms with Crippen LogP contribution in [0.2, 0.25) is 10.0 Å². The maximum absolute atomic E-state index is 14.6. The van der Waals surface area contributed by atoms with Gasteiger partial charge in [0.2, 0.25) is 10.0 Å². The zero-order chi connectivity index (χ0) is 23.9. The van der Waals surface area contributed by atoms with Crippen LogP contribution in [-0.4, -0.2) is 30.1 Å². The summed E-state index contributed by atoms with van der Waals surface area (Å²) in [4.78, 5) is 28.4. The second-order valence-corrected chi connectivity index (χ2v) is 9.94. The molecule has 170 valence electrons. The van der Waals surface area contributed by atoms with Gasteiger partial charge in [-0.05, 0) is 42.5 Å². The van der Waals surface area contributed by atoms with Crippen LogP contribution in [0.5, 0.6) is 0 Å². The molecule has 0 fully saturated rings. The van der Waals surface area contributed by atoms with E-state index in [1.807, 2.05) is 4.72 Å². The predicted molar refractivity (Wildman–Crippen MR) is 126 cm³/mol. The summed E-state index contributed by atoms with van der Waals surface area (Å²) in [5, 5.41) is 0.958. The smallest absolute Gasteiger partial charge is 0.282 e. The van der Waals surface area contributed by atoms with E-state index >= 15 is 0 Å². The molecule has 0 bridgehead atoms. The molecular formula is C22H16Cl2FN3O4S. The third kappa shape index (κ3) is 4.66. The Morgan fingerprint density at radius 1 is 1.12 bits per heavy atom. The number of carbonyl (C=O) groups is 1. The van der Waals surface area contributed by atoms with E-state index in [0.717, 1.165) is 12.3 Å². The SMILES string of the molecule is CS(=O)(=O)NC(=O)c1c(-c2ccc[nH]c2=O)c2cc(Cl)ccc2n1Cc1ccc(Cl)cc1F. The highest BCUT2D eigenvalue weighted by molar-refractivity contribution is 7.89. The Morgan fingerprint density at radius 3 is 2.48 bits per heavy atom. The third-order valence-electron chi connectivity index (χ3n) is 4.95. The quantitative estimate of drug-likeness (QED) is 0.423. The standard InChI is InChI=1S/C22H16Cl2FN3O4S/c1-33(31,32)27-22(30)20-19(15-3-2-8-26-21(15)29)16-9-13(23)6-7-18(16)28(20)11-12-4-5-14(24)10-17(12)25/h2-10H,11H2,1H3,(H,26,29)(H,27,30). The number of pyridine rings is 1. The van der Waals surface area contributed by atoms with Crippen molar-refractivity contribution in [2.45, 2.75) is 6.54 Å². The zero-order valence-electron chi connectivity index (χ0n) is 17.0. The second kappa shape index (κ2) is 8.66. The molecule has 0 atom stereocenters. The monoisotopic (exact) mass is 507 g/mol. The van der Waals surface area contributed by atoms with Gasteiger partial charge in [0.25, 0.3) is 11.5 Å². The maximum Gasteiger partial charge on any atom is 0.282 e. The molecule has 0 aliphatic rings. The molecule has 7 nitrogen and oxygen atoms in total. The van der Waals surface area contributed by atoms with Gasteiger partial charge in [-0.25, -0.2) is 17.5 Å². The zero-order valence-corrected chi connectivity index (χ0v) is 19.4. The number of amides is 1. The first kappa shape index (κ1) is 23.0. The highest BCUT2D eigenvalue weighted by Crippen LogP contribution is 2.36. The fourth-order valence-electron chi connectivity index (χ4n) is 3.66. The van der Waals surface area contributed by atoms with Gasteiger partial charge in [-0.2, -0.15) is 0 Å². The van der Waals surface area contributed by atoms with Crippen LogP contribution in [0, 0.1) is 5.82 Å². The Morgan fingerprint density at radius 2 is 1.82 bits per heavy atom. The summed E-state index contributed by atoms with van der Waals surface area (Å²) in [5.74, 6) is -1.58. The van der Waals surface area contributed by atoms with Crippen LogP contribution in [0.3, 0.4) is 0 Å². The Hall–Kier alpha value is -3.14. The summed E-state index contributed by atoms with van der Waals surface area (Å²) in [7, 11) is -3.95. The van der Waals surface area contributed by atoms with Crippen molar-refractivity contribution in [2.75, 3.05) is 6.26 Å². The van der Waals surface area contributed by atoms with Crippen molar-refractivity contribution in [3.63, 3.8) is 0 Å².